The van der Waals surface area contributed by atoms with Crippen LogP contribution in [0.3, 0.4) is 0 Å². The van der Waals surface area contributed by atoms with Crippen LogP contribution in [0.15, 0.2) is 36.7 Å². The Labute approximate surface area is 156 Å². The number of hydrogen-bond donors (Lipinski definition) is 2. The van der Waals surface area contributed by atoms with Crippen LogP contribution in [-0.2, 0) is 17.6 Å². The number of fused-ring (bicyclic) bond motifs is 2. The Bertz CT molecular complexity index is 1050. The minimum atomic E-state index is -0.268. The van der Waals surface area contributed by atoms with Gasteiger partial charge in [0, 0.05) is 29.7 Å². The first-order valence-corrected chi connectivity index (χ1v) is 8.96. The Morgan fingerprint density at radius 2 is 2.15 bits per heavy atom. The van der Waals surface area contributed by atoms with E-state index in [0.717, 1.165) is 23.3 Å². The number of nitrogens with one attached hydrogen (secondary N) is 2. The highest BCUT2D eigenvalue weighted by Crippen LogP contribution is 2.28. The normalized spacial score (nSPS) is 12.7. The van der Waals surface area contributed by atoms with Crippen molar-refractivity contribution in [2.24, 2.45) is 0 Å². The second-order valence-electron chi connectivity index (χ2n) is 6.39. The van der Waals surface area contributed by atoms with E-state index in [1.54, 1.807) is 24.4 Å². The molecule has 0 aliphatic carbocycles. The number of ether oxygens (including phenoxy) is 1. The van der Waals surface area contributed by atoms with Gasteiger partial charge in [-0.25, -0.2) is 4.98 Å². The van der Waals surface area contributed by atoms with Gasteiger partial charge in [0.2, 0.25) is 5.91 Å². The van der Waals surface area contributed by atoms with Crippen LogP contribution in [0.25, 0.3) is 5.65 Å². The minimum absolute atomic E-state index is 0.0570. The highest BCUT2D eigenvalue weighted by Gasteiger charge is 2.20. The van der Waals surface area contributed by atoms with Gasteiger partial charge in [0.1, 0.15) is 17.1 Å². The number of imidazole rings is 1. The molecule has 1 aliphatic rings. The van der Waals surface area contributed by atoms with E-state index in [0.29, 0.717) is 35.7 Å². The summed E-state index contributed by atoms with van der Waals surface area (Å²) in [6.07, 6.45) is 4.92. The van der Waals surface area contributed by atoms with Crippen LogP contribution in [0.5, 0.6) is 5.75 Å². The van der Waals surface area contributed by atoms with E-state index >= 15 is 0 Å². The molecular weight excluding hydrogens is 344 g/mol. The number of benzene rings is 1. The first-order valence-electron chi connectivity index (χ1n) is 8.96. The maximum atomic E-state index is 12.7. The van der Waals surface area contributed by atoms with Gasteiger partial charge in [-0.05, 0) is 31.0 Å². The van der Waals surface area contributed by atoms with Crippen molar-refractivity contribution in [2.45, 2.75) is 26.7 Å². The van der Waals surface area contributed by atoms with Crippen molar-refractivity contribution in [3.05, 3.63) is 53.5 Å². The molecule has 4 rings (SSSR count). The molecule has 1 aromatic carbocycles. The maximum absolute atomic E-state index is 12.7. The van der Waals surface area contributed by atoms with Crippen LogP contribution in [0.1, 0.15) is 35.5 Å². The van der Waals surface area contributed by atoms with E-state index in [1.165, 1.54) is 0 Å². The molecule has 0 saturated carbocycles. The van der Waals surface area contributed by atoms with E-state index in [2.05, 4.69) is 15.6 Å². The predicted molar refractivity (Wildman–Crippen MR) is 102 cm³/mol. The number of aromatic nitrogens is 2. The molecule has 138 valence electrons. The fourth-order valence-corrected chi connectivity index (χ4v) is 3.16. The standard InChI is InChI=1S/C20H20N4O3/c1-3-14-10-24-11-16(17(27-4-2)9-18(24)21-14)23-20(26)13-6-5-12-8-19(25)22-15(12)7-13/h5-7,9-11H,3-4,8H2,1-2H3,(H,22,25)(H,23,26). The molecule has 3 heterocycles. The summed E-state index contributed by atoms with van der Waals surface area (Å²) >= 11 is 0. The summed E-state index contributed by atoms with van der Waals surface area (Å²) in [4.78, 5) is 28.8. The molecule has 0 saturated heterocycles. The molecule has 27 heavy (non-hydrogen) atoms. The number of nitrogens with zero attached hydrogens (tertiary/aromatic N) is 2. The molecule has 0 spiro atoms. The molecule has 0 fully saturated rings. The summed E-state index contributed by atoms with van der Waals surface area (Å²) < 4.78 is 7.56. The number of carbonyl (C=O) groups excluding carboxylic acids is 2. The van der Waals surface area contributed by atoms with Crippen molar-refractivity contribution in [1.82, 2.24) is 9.38 Å². The second-order valence-corrected chi connectivity index (χ2v) is 6.39. The Kier molecular flexibility index (Phi) is 4.27. The van der Waals surface area contributed by atoms with Gasteiger partial charge in [-0.15, -0.1) is 0 Å². The summed E-state index contributed by atoms with van der Waals surface area (Å²) in [5.41, 5.74) is 4.37. The van der Waals surface area contributed by atoms with Crippen molar-refractivity contribution in [3.8, 4) is 5.75 Å². The molecular formula is C20H20N4O3. The third kappa shape index (κ3) is 3.23. The zero-order chi connectivity index (χ0) is 19.0. The fourth-order valence-electron chi connectivity index (χ4n) is 3.16. The van der Waals surface area contributed by atoms with Gasteiger partial charge in [-0.1, -0.05) is 13.0 Å². The summed E-state index contributed by atoms with van der Waals surface area (Å²) in [7, 11) is 0. The molecule has 0 bridgehead atoms. The number of anilines is 2. The van der Waals surface area contributed by atoms with Crippen molar-refractivity contribution in [3.63, 3.8) is 0 Å². The number of aryl methyl sites for hydroxylation is 1. The van der Waals surface area contributed by atoms with Crippen LogP contribution < -0.4 is 15.4 Å². The maximum Gasteiger partial charge on any atom is 0.255 e. The average Bonchev–Trinajstić information content (AvgIpc) is 3.22. The zero-order valence-corrected chi connectivity index (χ0v) is 15.2. The van der Waals surface area contributed by atoms with Crippen molar-refractivity contribution in [1.29, 1.82) is 0 Å². The van der Waals surface area contributed by atoms with Crippen molar-refractivity contribution >= 4 is 28.8 Å². The van der Waals surface area contributed by atoms with E-state index in [4.69, 9.17) is 4.74 Å². The summed E-state index contributed by atoms with van der Waals surface area (Å²) in [5.74, 6) is 0.245. The van der Waals surface area contributed by atoms with Crippen LogP contribution in [0.4, 0.5) is 11.4 Å². The van der Waals surface area contributed by atoms with Crippen LogP contribution in [-0.4, -0.2) is 27.8 Å². The van der Waals surface area contributed by atoms with E-state index in [1.807, 2.05) is 30.5 Å². The quantitative estimate of drug-likeness (QED) is 0.729. The number of rotatable bonds is 5. The molecule has 7 nitrogen and oxygen atoms in total. The largest absolute Gasteiger partial charge is 0.491 e. The smallest absolute Gasteiger partial charge is 0.255 e. The SMILES string of the molecule is CCOc1cc2nc(CC)cn2cc1NC(=O)c1ccc2c(c1)NC(=O)C2. The van der Waals surface area contributed by atoms with E-state index in [9.17, 15) is 9.59 Å². The fraction of sp³-hybridized carbons (Fsp3) is 0.250. The monoisotopic (exact) mass is 364 g/mol. The van der Waals surface area contributed by atoms with Crippen LogP contribution in [0, 0.1) is 0 Å². The molecule has 7 heteroatoms. The molecule has 3 aromatic rings. The lowest BCUT2D eigenvalue weighted by atomic mass is 10.1. The van der Waals surface area contributed by atoms with Gasteiger partial charge in [0.15, 0.2) is 0 Å². The Balaban J connectivity index is 1.65. The van der Waals surface area contributed by atoms with Crippen LogP contribution in [0.2, 0.25) is 0 Å². The third-order valence-electron chi connectivity index (χ3n) is 4.51. The molecule has 2 amide bonds. The van der Waals surface area contributed by atoms with E-state index in [-0.39, 0.29) is 11.8 Å². The minimum Gasteiger partial charge on any atom is -0.491 e. The number of hydrogen-bond acceptors (Lipinski definition) is 4. The van der Waals surface area contributed by atoms with Gasteiger partial charge < -0.3 is 19.8 Å². The van der Waals surface area contributed by atoms with Crippen molar-refractivity contribution < 1.29 is 14.3 Å². The topological polar surface area (TPSA) is 84.7 Å². The molecule has 1 aliphatic heterocycles. The number of carbonyl (C=O) groups is 2. The summed E-state index contributed by atoms with van der Waals surface area (Å²) in [5, 5.41) is 5.67. The highest BCUT2D eigenvalue weighted by atomic mass is 16.5. The lowest BCUT2D eigenvalue weighted by Gasteiger charge is -2.12. The van der Waals surface area contributed by atoms with Gasteiger partial charge in [-0.3, -0.25) is 9.59 Å². The summed E-state index contributed by atoms with van der Waals surface area (Å²) in [6.45, 7) is 4.41. The average molecular weight is 364 g/mol. The highest BCUT2D eigenvalue weighted by molar-refractivity contribution is 6.07. The number of pyridine rings is 1. The van der Waals surface area contributed by atoms with Crippen molar-refractivity contribution in [2.75, 3.05) is 17.2 Å². The van der Waals surface area contributed by atoms with E-state index < -0.39 is 0 Å². The zero-order valence-electron chi connectivity index (χ0n) is 15.2. The van der Waals surface area contributed by atoms with Gasteiger partial charge in [0.25, 0.3) is 5.91 Å². The Morgan fingerprint density at radius 3 is 2.93 bits per heavy atom. The molecule has 2 N–H and O–H groups in total. The summed E-state index contributed by atoms with van der Waals surface area (Å²) in [6, 6.07) is 7.04. The molecule has 2 aromatic heterocycles. The first-order chi connectivity index (χ1) is 13.1. The van der Waals surface area contributed by atoms with Crippen LogP contribution >= 0.6 is 0 Å². The Hall–Kier alpha value is -3.35. The van der Waals surface area contributed by atoms with Gasteiger partial charge in [-0.2, -0.15) is 0 Å². The first kappa shape index (κ1) is 17.1. The predicted octanol–water partition coefficient (Wildman–Crippen LogP) is 3.04. The lowest BCUT2D eigenvalue weighted by Crippen LogP contribution is -2.14. The molecule has 0 radical (unpaired) electrons. The molecule has 0 atom stereocenters. The van der Waals surface area contributed by atoms with Gasteiger partial charge in [0.05, 0.1) is 18.7 Å². The second kappa shape index (κ2) is 6.75. The number of amides is 2. The van der Waals surface area contributed by atoms with Gasteiger partial charge >= 0.3 is 0 Å². The third-order valence-corrected chi connectivity index (χ3v) is 4.51. The lowest BCUT2D eigenvalue weighted by molar-refractivity contribution is -0.115. The molecule has 0 unspecified atom stereocenters. The Morgan fingerprint density at radius 1 is 1.30 bits per heavy atom.